The van der Waals surface area contributed by atoms with E-state index in [1.165, 1.54) is 76.3 Å². The van der Waals surface area contributed by atoms with Crippen LogP contribution in [0.2, 0.25) is 0 Å². The Morgan fingerprint density at radius 1 is 1.13 bits per heavy atom. The molecule has 1 N–H and O–H groups in total. The van der Waals surface area contributed by atoms with Gasteiger partial charge in [0.05, 0.1) is 0 Å². The standard InChI is InChI=1S/C21H38N2/c1-5-6-7-8-9-10-11-12-18-13-14-21(3,4)15-19(18)20-16-22-17(2)23-20/h16,18-19H,5-15H2,1-4H3,(H,22,23). The van der Waals surface area contributed by atoms with Gasteiger partial charge in [0, 0.05) is 17.8 Å². The lowest BCUT2D eigenvalue weighted by Crippen LogP contribution is -2.28. The Morgan fingerprint density at radius 3 is 2.48 bits per heavy atom. The predicted octanol–water partition coefficient (Wildman–Crippen LogP) is 6.77. The number of imidazole rings is 1. The number of hydrogen-bond donors (Lipinski definition) is 1. The maximum atomic E-state index is 4.46. The summed E-state index contributed by atoms with van der Waals surface area (Å²) in [5, 5.41) is 0. The smallest absolute Gasteiger partial charge is 0.103 e. The fraction of sp³-hybridized carbons (Fsp3) is 0.857. The molecule has 0 amide bonds. The van der Waals surface area contributed by atoms with Crippen molar-refractivity contribution in [3.05, 3.63) is 17.7 Å². The van der Waals surface area contributed by atoms with Crippen LogP contribution in [0, 0.1) is 18.3 Å². The molecular weight excluding hydrogens is 280 g/mol. The zero-order valence-corrected chi connectivity index (χ0v) is 16.0. The van der Waals surface area contributed by atoms with Crippen molar-refractivity contribution in [3.8, 4) is 0 Å². The highest BCUT2D eigenvalue weighted by Gasteiger charge is 2.36. The molecule has 2 heteroatoms. The minimum absolute atomic E-state index is 0.486. The lowest BCUT2D eigenvalue weighted by atomic mass is 9.65. The average molecular weight is 319 g/mol. The van der Waals surface area contributed by atoms with Crippen molar-refractivity contribution in [3.63, 3.8) is 0 Å². The Bertz CT molecular complexity index is 446. The number of aryl methyl sites for hydroxylation is 1. The fourth-order valence-electron chi connectivity index (χ4n) is 4.34. The van der Waals surface area contributed by atoms with E-state index in [1.54, 1.807) is 0 Å². The molecule has 1 saturated carbocycles. The molecule has 2 rings (SSSR count). The van der Waals surface area contributed by atoms with Gasteiger partial charge in [0.2, 0.25) is 0 Å². The Hall–Kier alpha value is -0.790. The van der Waals surface area contributed by atoms with Gasteiger partial charge in [-0.25, -0.2) is 4.98 Å². The maximum Gasteiger partial charge on any atom is 0.103 e. The van der Waals surface area contributed by atoms with Crippen LogP contribution in [0.1, 0.15) is 109 Å². The monoisotopic (exact) mass is 318 g/mol. The van der Waals surface area contributed by atoms with E-state index in [4.69, 9.17) is 0 Å². The van der Waals surface area contributed by atoms with Gasteiger partial charge >= 0.3 is 0 Å². The lowest BCUT2D eigenvalue weighted by molar-refractivity contribution is 0.151. The third-order valence-electron chi connectivity index (χ3n) is 5.83. The van der Waals surface area contributed by atoms with Crippen LogP contribution in [0.25, 0.3) is 0 Å². The maximum absolute atomic E-state index is 4.46. The molecule has 2 nitrogen and oxygen atoms in total. The molecular formula is C21H38N2. The van der Waals surface area contributed by atoms with Crippen molar-refractivity contribution in [2.24, 2.45) is 11.3 Å². The highest BCUT2D eigenvalue weighted by molar-refractivity contribution is 5.11. The number of nitrogens with zero attached hydrogens (tertiary/aromatic N) is 1. The molecule has 1 fully saturated rings. The SMILES string of the molecule is CCCCCCCCCC1CCC(C)(C)CC1c1cnc(C)[nH]1. The van der Waals surface area contributed by atoms with E-state index in [9.17, 15) is 0 Å². The number of aromatic amines is 1. The Labute approximate surface area is 143 Å². The first-order valence-corrected chi connectivity index (χ1v) is 10.0. The summed E-state index contributed by atoms with van der Waals surface area (Å²) in [6, 6.07) is 0. The van der Waals surface area contributed by atoms with Gasteiger partial charge in [-0.2, -0.15) is 0 Å². The predicted molar refractivity (Wildman–Crippen MR) is 99.8 cm³/mol. The lowest BCUT2D eigenvalue weighted by Gasteiger charge is -2.40. The van der Waals surface area contributed by atoms with Gasteiger partial charge in [-0.3, -0.25) is 0 Å². The minimum atomic E-state index is 0.486. The Balaban J connectivity index is 1.81. The van der Waals surface area contributed by atoms with Crippen molar-refractivity contribution in [1.82, 2.24) is 9.97 Å². The van der Waals surface area contributed by atoms with Gasteiger partial charge in [-0.15, -0.1) is 0 Å². The molecule has 1 heterocycles. The summed E-state index contributed by atoms with van der Waals surface area (Å²) >= 11 is 0. The van der Waals surface area contributed by atoms with E-state index >= 15 is 0 Å². The van der Waals surface area contributed by atoms with Crippen molar-refractivity contribution >= 4 is 0 Å². The van der Waals surface area contributed by atoms with Crippen molar-refractivity contribution in [2.45, 2.75) is 104 Å². The third-order valence-corrected chi connectivity index (χ3v) is 5.83. The van der Waals surface area contributed by atoms with Crippen LogP contribution in [0.4, 0.5) is 0 Å². The summed E-state index contributed by atoms with van der Waals surface area (Å²) in [6.45, 7) is 9.24. The molecule has 0 radical (unpaired) electrons. The average Bonchev–Trinajstić information content (AvgIpc) is 2.93. The largest absolute Gasteiger partial charge is 0.346 e. The number of aromatic nitrogens is 2. The number of rotatable bonds is 9. The zero-order valence-electron chi connectivity index (χ0n) is 16.0. The summed E-state index contributed by atoms with van der Waals surface area (Å²) in [4.78, 5) is 7.98. The zero-order chi connectivity index (χ0) is 16.7. The van der Waals surface area contributed by atoms with Crippen LogP contribution in [-0.4, -0.2) is 9.97 Å². The van der Waals surface area contributed by atoms with Gasteiger partial charge in [0.1, 0.15) is 5.82 Å². The topological polar surface area (TPSA) is 28.7 Å². The van der Waals surface area contributed by atoms with Crippen molar-refractivity contribution in [2.75, 3.05) is 0 Å². The van der Waals surface area contributed by atoms with Gasteiger partial charge < -0.3 is 4.98 Å². The first-order chi connectivity index (χ1) is 11.0. The number of unbranched alkanes of at least 4 members (excludes halogenated alkanes) is 6. The second-order valence-electron chi connectivity index (χ2n) is 8.61. The molecule has 132 valence electrons. The quantitative estimate of drug-likeness (QED) is 0.500. The first-order valence-electron chi connectivity index (χ1n) is 10.0. The Morgan fingerprint density at radius 2 is 1.83 bits per heavy atom. The van der Waals surface area contributed by atoms with E-state index in [1.807, 2.05) is 0 Å². The van der Waals surface area contributed by atoms with Crippen LogP contribution in [0.5, 0.6) is 0 Å². The van der Waals surface area contributed by atoms with Gasteiger partial charge in [0.25, 0.3) is 0 Å². The molecule has 1 aliphatic carbocycles. The van der Waals surface area contributed by atoms with Crippen molar-refractivity contribution in [1.29, 1.82) is 0 Å². The normalized spacial score (nSPS) is 24.0. The van der Waals surface area contributed by atoms with Crippen LogP contribution < -0.4 is 0 Å². The van der Waals surface area contributed by atoms with Crippen molar-refractivity contribution < 1.29 is 0 Å². The van der Waals surface area contributed by atoms with Crippen LogP contribution in [0.15, 0.2) is 6.20 Å². The molecule has 1 aromatic heterocycles. The summed E-state index contributed by atoms with van der Waals surface area (Å²) in [5.74, 6) is 2.62. The summed E-state index contributed by atoms with van der Waals surface area (Å²) in [6.07, 6.45) is 17.5. The van der Waals surface area contributed by atoms with Crippen LogP contribution in [-0.2, 0) is 0 Å². The van der Waals surface area contributed by atoms with E-state index in [0.29, 0.717) is 11.3 Å². The highest BCUT2D eigenvalue weighted by atomic mass is 14.9. The van der Waals surface area contributed by atoms with E-state index < -0.39 is 0 Å². The molecule has 2 atom stereocenters. The van der Waals surface area contributed by atoms with Crippen LogP contribution >= 0.6 is 0 Å². The van der Waals surface area contributed by atoms with Gasteiger partial charge in [-0.05, 0) is 43.9 Å². The molecule has 23 heavy (non-hydrogen) atoms. The van der Waals surface area contributed by atoms with E-state index in [0.717, 1.165) is 11.7 Å². The van der Waals surface area contributed by atoms with E-state index in [2.05, 4.69) is 43.9 Å². The molecule has 0 bridgehead atoms. The number of hydrogen-bond acceptors (Lipinski definition) is 1. The fourth-order valence-corrected chi connectivity index (χ4v) is 4.34. The molecule has 1 aromatic rings. The second kappa shape index (κ2) is 8.89. The molecule has 1 aliphatic rings. The van der Waals surface area contributed by atoms with Gasteiger partial charge in [0.15, 0.2) is 0 Å². The summed E-state index contributed by atoms with van der Waals surface area (Å²) < 4.78 is 0. The molecule has 0 saturated heterocycles. The van der Waals surface area contributed by atoms with E-state index in [-0.39, 0.29) is 0 Å². The Kier molecular flexibility index (Phi) is 7.17. The second-order valence-corrected chi connectivity index (χ2v) is 8.61. The molecule has 2 unspecified atom stereocenters. The minimum Gasteiger partial charge on any atom is -0.346 e. The number of H-pyrrole nitrogens is 1. The number of nitrogens with one attached hydrogen (secondary N) is 1. The summed E-state index contributed by atoms with van der Waals surface area (Å²) in [7, 11) is 0. The molecule has 0 aliphatic heterocycles. The highest BCUT2D eigenvalue weighted by Crippen LogP contribution is 2.47. The third kappa shape index (κ3) is 5.97. The summed E-state index contributed by atoms with van der Waals surface area (Å²) in [5.41, 5.74) is 1.88. The molecule has 0 spiro atoms. The first kappa shape index (κ1) is 18.5. The van der Waals surface area contributed by atoms with Crippen LogP contribution in [0.3, 0.4) is 0 Å². The van der Waals surface area contributed by atoms with Gasteiger partial charge in [-0.1, -0.05) is 65.7 Å². The molecule has 0 aromatic carbocycles.